The zero-order valence-corrected chi connectivity index (χ0v) is 14.0. The van der Waals surface area contributed by atoms with Crippen molar-refractivity contribution in [3.8, 4) is 5.75 Å². The quantitative estimate of drug-likeness (QED) is 0.876. The van der Waals surface area contributed by atoms with E-state index in [2.05, 4.69) is 17.1 Å². The van der Waals surface area contributed by atoms with E-state index in [9.17, 15) is 8.42 Å². The summed E-state index contributed by atoms with van der Waals surface area (Å²) < 4.78 is 29.8. The molecule has 1 N–H and O–H groups in total. The highest BCUT2D eigenvalue weighted by Gasteiger charge is 2.21. The van der Waals surface area contributed by atoms with Gasteiger partial charge in [0.2, 0.25) is 0 Å². The molecule has 2 rings (SSSR count). The zero-order chi connectivity index (χ0) is 14.6. The summed E-state index contributed by atoms with van der Waals surface area (Å²) in [6.07, 6.45) is 0. The molecule has 21 heavy (non-hydrogen) atoms. The molecule has 1 atom stereocenters. The van der Waals surface area contributed by atoms with Gasteiger partial charge in [-0.15, -0.1) is 12.4 Å². The Labute approximate surface area is 133 Å². The first-order valence-electron chi connectivity index (χ1n) is 6.84. The minimum absolute atomic E-state index is 0. The lowest BCUT2D eigenvalue weighted by molar-refractivity contribution is 0.184. The molecule has 1 saturated heterocycles. The summed E-state index contributed by atoms with van der Waals surface area (Å²) in [5.41, 5.74) is 0. The highest BCUT2D eigenvalue weighted by atomic mass is 35.5. The monoisotopic (exact) mass is 334 g/mol. The Morgan fingerprint density at radius 1 is 1.43 bits per heavy atom. The fourth-order valence-corrected chi connectivity index (χ4v) is 3.66. The molecular weight excluding hydrogens is 312 g/mol. The van der Waals surface area contributed by atoms with Crippen molar-refractivity contribution in [3.63, 3.8) is 0 Å². The van der Waals surface area contributed by atoms with Gasteiger partial charge in [0.15, 0.2) is 9.84 Å². The Morgan fingerprint density at radius 3 is 2.86 bits per heavy atom. The van der Waals surface area contributed by atoms with Crippen LogP contribution < -0.4 is 10.1 Å². The number of hydrogen-bond acceptors (Lipinski definition) is 5. The number of ether oxygens (including phenoxy) is 1. The third-order valence-electron chi connectivity index (χ3n) is 3.69. The van der Waals surface area contributed by atoms with Crippen molar-refractivity contribution in [2.75, 3.05) is 39.0 Å². The Kier molecular flexibility index (Phi) is 6.93. The maximum absolute atomic E-state index is 12.4. The molecule has 0 unspecified atom stereocenters. The maximum atomic E-state index is 12.4. The molecule has 1 aromatic rings. The van der Waals surface area contributed by atoms with Crippen LogP contribution in [0.1, 0.15) is 6.92 Å². The van der Waals surface area contributed by atoms with E-state index in [0.717, 1.165) is 19.6 Å². The highest BCUT2D eigenvalue weighted by molar-refractivity contribution is 7.91. The van der Waals surface area contributed by atoms with Gasteiger partial charge in [-0.05, 0) is 25.1 Å². The zero-order valence-electron chi connectivity index (χ0n) is 12.4. The van der Waals surface area contributed by atoms with Gasteiger partial charge < -0.3 is 10.1 Å². The molecule has 0 saturated carbocycles. The van der Waals surface area contributed by atoms with Crippen LogP contribution in [0, 0.1) is 0 Å². The van der Waals surface area contributed by atoms with Gasteiger partial charge in [-0.2, -0.15) is 0 Å². The van der Waals surface area contributed by atoms with E-state index >= 15 is 0 Å². The molecule has 0 aromatic heterocycles. The predicted octanol–water partition coefficient (Wildman–Crippen LogP) is 1.18. The lowest BCUT2D eigenvalue weighted by Crippen LogP contribution is -2.50. The van der Waals surface area contributed by atoms with Gasteiger partial charge in [0.25, 0.3) is 0 Å². The van der Waals surface area contributed by atoms with E-state index in [1.807, 2.05) is 0 Å². The van der Waals surface area contributed by atoms with Gasteiger partial charge in [-0.25, -0.2) is 8.42 Å². The van der Waals surface area contributed by atoms with Gasteiger partial charge >= 0.3 is 0 Å². The highest BCUT2D eigenvalue weighted by Crippen LogP contribution is 2.18. The van der Waals surface area contributed by atoms with Crippen LogP contribution in [0.3, 0.4) is 0 Å². The normalized spacial score (nSPS) is 19.8. The Bertz CT molecular complexity index is 551. The Hall–Kier alpha value is -0.820. The summed E-state index contributed by atoms with van der Waals surface area (Å²) in [7, 11) is -1.72. The molecule has 0 bridgehead atoms. The second-order valence-electron chi connectivity index (χ2n) is 5.09. The average molecular weight is 335 g/mol. The number of benzene rings is 1. The van der Waals surface area contributed by atoms with Crippen molar-refractivity contribution >= 4 is 22.2 Å². The second-order valence-corrected chi connectivity index (χ2v) is 7.20. The molecule has 1 aliphatic heterocycles. The van der Waals surface area contributed by atoms with Crippen LogP contribution in [0.4, 0.5) is 0 Å². The van der Waals surface area contributed by atoms with E-state index in [0.29, 0.717) is 23.2 Å². The van der Waals surface area contributed by atoms with Gasteiger partial charge in [0, 0.05) is 32.2 Å². The number of methoxy groups -OCH3 is 1. The van der Waals surface area contributed by atoms with E-state index in [1.54, 1.807) is 24.3 Å². The molecule has 0 radical (unpaired) electrons. The summed E-state index contributed by atoms with van der Waals surface area (Å²) in [4.78, 5) is 2.55. The fraction of sp³-hybridized carbons (Fsp3) is 0.571. The second kappa shape index (κ2) is 7.98. The van der Waals surface area contributed by atoms with Crippen molar-refractivity contribution in [1.29, 1.82) is 0 Å². The summed E-state index contributed by atoms with van der Waals surface area (Å²) in [6, 6.07) is 7.04. The molecule has 5 nitrogen and oxygen atoms in total. The van der Waals surface area contributed by atoms with E-state index in [1.165, 1.54) is 7.11 Å². The molecule has 1 fully saturated rings. The van der Waals surface area contributed by atoms with Crippen LogP contribution in [-0.4, -0.2) is 58.4 Å². The summed E-state index contributed by atoms with van der Waals surface area (Å²) in [5.74, 6) is 0.714. The number of nitrogens with zero attached hydrogens (tertiary/aromatic N) is 1. The lowest BCUT2D eigenvalue weighted by atomic mass is 10.2. The number of sulfone groups is 1. The number of rotatable bonds is 5. The van der Waals surface area contributed by atoms with Crippen LogP contribution in [-0.2, 0) is 9.84 Å². The molecule has 1 heterocycles. The number of hydrogen-bond donors (Lipinski definition) is 1. The molecular formula is C14H23ClN2O3S. The van der Waals surface area contributed by atoms with E-state index in [-0.39, 0.29) is 18.2 Å². The minimum atomic E-state index is -3.26. The lowest BCUT2D eigenvalue weighted by Gasteiger charge is -2.33. The summed E-state index contributed by atoms with van der Waals surface area (Å²) in [6.45, 7) is 5.42. The average Bonchev–Trinajstić information content (AvgIpc) is 2.46. The third-order valence-corrected chi connectivity index (χ3v) is 5.38. The molecule has 7 heteroatoms. The fourth-order valence-electron chi connectivity index (χ4n) is 2.37. The van der Waals surface area contributed by atoms with E-state index < -0.39 is 9.84 Å². The van der Waals surface area contributed by atoms with Crippen LogP contribution >= 0.6 is 12.4 Å². The van der Waals surface area contributed by atoms with Crippen molar-refractivity contribution in [2.24, 2.45) is 0 Å². The van der Waals surface area contributed by atoms with Gasteiger partial charge in [0.1, 0.15) is 5.75 Å². The largest absolute Gasteiger partial charge is 0.497 e. The molecule has 0 aliphatic carbocycles. The van der Waals surface area contributed by atoms with Crippen LogP contribution in [0.5, 0.6) is 5.75 Å². The predicted molar refractivity (Wildman–Crippen MR) is 86.2 cm³/mol. The van der Waals surface area contributed by atoms with Crippen molar-refractivity contribution in [1.82, 2.24) is 10.2 Å². The van der Waals surface area contributed by atoms with Gasteiger partial charge in [-0.3, -0.25) is 4.90 Å². The minimum Gasteiger partial charge on any atom is -0.497 e. The molecule has 0 spiro atoms. The maximum Gasteiger partial charge on any atom is 0.179 e. The van der Waals surface area contributed by atoms with Crippen LogP contribution in [0.15, 0.2) is 29.2 Å². The Balaban J connectivity index is 0.00000220. The van der Waals surface area contributed by atoms with E-state index in [4.69, 9.17) is 4.74 Å². The van der Waals surface area contributed by atoms with Crippen molar-refractivity contribution < 1.29 is 13.2 Å². The standard InChI is InChI=1S/C14H22N2O3S.ClH/c1-12-11-15-6-7-16(12)8-9-20(17,18)14-5-3-4-13(10-14)19-2;/h3-5,10,12,15H,6-9,11H2,1-2H3;1H/t12-;/m1./s1. The molecule has 1 aromatic carbocycles. The third kappa shape index (κ3) is 4.85. The number of piperazine rings is 1. The molecule has 120 valence electrons. The first-order chi connectivity index (χ1) is 9.53. The topological polar surface area (TPSA) is 58.6 Å². The SMILES string of the molecule is COc1cccc(S(=O)(=O)CCN2CCNC[C@H]2C)c1.Cl. The first kappa shape index (κ1) is 18.2. The van der Waals surface area contributed by atoms with Crippen molar-refractivity contribution in [2.45, 2.75) is 17.9 Å². The van der Waals surface area contributed by atoms with Gasteiger partial charge in [0.05, 0.1) is 17.8 Å². The Morgan fingerprint density at radius 2 is 2.19 bits per heavy atom. The van der Waals surface area contributed by atoms with Gasteiger partial charge in [-0.1, -0.05) is 6.07 Å². The van der Waals surface area contributed by atoms with Crippen molar-refractivity contribution in [3.05, 3.63) is 24.3 Å². The number of halogens is 1. The van der Waals surface area contributed by atoms with Crippen LogP contribution in [0.2, 0.25) is 0 Å². The first-order valence-corrected chi connectivity index (χ1v) is 8.50. The summed E-state index contributed by atoms with van der Waals surface area (Å²) in [5, 5.41) is 3.30. The van der Waals surface area contributed by atoms with Crippen LogP contribution in [0.25, 0.3) is 0 Å². The smallest absolute Gasteiger partial charge is 0.179 e. The molecule has 1 aliphatic rings. The molecule has 0 amide bonds. The summed E-state index contributed by atoms with van der Waals surface area (Å²) >= 11 is 0. The number of nitrogens with one attached hydrogen (secondary N) is 1.